The molecule has 0 saturated carbocycles. The summed E-state index contributed by atoms with van der Waals surface area (Å²) in [5, 5.41) is 5.55. The second-order valence-corrected chi connectivity index (χ2v) is 5.97. The molecule has 0 saturated heterocycles. The van der Waals surface area contributed by atoms with E-state index in [1.54, 1.807) is 50.9 Å². The number of nitrogens with zero attached hydrogens (tertiary/aromatic N) is 4. The predicted molar refractivity (Wildman–Crippen MR) is 102 cm³/mol. The lowest BCUT2D eigenvalue weighted by atomic mass is 10.1. The van der Waals surface area contributed by atoms with Crippen molar-refractivity contribution >= 4 is 11.7 Å². The molecule has 0 radical (unpaired) electrons. The first-order valence-corrected chi connectivity index (χ1v) is 8.69. The molecule has 0 atom stereocenters. The van der Waals surface area contributed by atoms with Crippen LogP contribution in [0, 0.1) is 5.82 Å². The van der Waals surface area contributed by atoms with E-state index in [1.165, 1.54) is 0 Å². The zero-order valence-electron chi connectivity index (χ0n) is 15.6. The maximum absolute atomic E-state index is 13.5. The van der Waals surface area contributed by atoms with E-state index in [4.69, 9.17) is 4.74 Å². The number of methoxy groups -OCH3 is 1. The Hall–Kier alpha value is -3.33. The van der Waals surface area contributed by atoms with Gasteiger partial charge in [-0.1, -0.05) is 12.1 Å². The first-order chi connectivity index (χ1) is 13.6. The van der Waals surface area contributed by atoms with Crippen molar-refractivity contribution in [2.75, 3.05) is 26.1 Å². The van der Waals surface area contributed by atoms with E-state index < -0.39 is 5.82 Å². The monoisotopic (exact) mass is 384 g/mol. The number of carbonyl (C=O) groups excluding carboxylic acids is 1. The van der Waals surface area contributed by atoms with Gasteiger partial charge in [-0.25, -0.2) is 19.3 Å². The number of amides is 1. The highest BCUT2D eigenvalue weighted by Crippen LogP contribution is 2.19. The van der Waals surface area contributed by atoms with Gasteiger partial charge in [0.1, 0.15) is 0 Å². The van der Waals surface area contributed by atoms with E-state index in [0.29, 0.717) is 36.6 Å². The normalized spacial score (nSPS) is 10.7. The molecule has 0 fully saturated rings. The van der Waals surface area contributed by atoms with Gasteiger partial charge in [0, 0.05) is 38.0 Å². The Bertz CT molecular complexity index is 942. The van der Waals surface area contributed by atoms with E-state index in [1.807, 2.05) is 4.57 Å². The molecule has 0 spiro atoms. The molecule has 0 aliphatic heterocycles. The summed E-state index contributed by atoms with van der Waals surface area (Å²) < 4.78 is 20.5. The van der Waals surface area contributed by atoms with Crippen molar-refractivity contribution in [1.82, 2.24) is 24.8 Å². The molecular weight excluding hydrogens is 363 g/mol. The van der Waals surface area contributed by atoms with Crippen molar-refractivity contribution in [3.8, 4) is 11.4 Å². The summed E-state index contributed by atoms with van der Waals surface area (Å²) in [5.74, 6) is -0.231. The smallest absolute Gasteiger partial charge is 0.251 e. The number of imidazole rings is 1. The first kappa shape index (κ1) is 19.4. The van der Waals surface area contributed by atoms with Gasteiger partial charge in [-0.05, 0) is 12.1 Å². The molecule has 9 heteroatoms. The van der Waals surface area contributed by atoms with Crippen molar-refractivity contribution in [3.05, 3.63) is 60.1 Å². The summed E-state index contributed by atoms with van der Waals surface area (Å²) in [6, 6.07) is 6.81. The van der Waals surface area contributed by atoms with Gasteiger partial charge in [0.25, 0.3) is 5.91 Å². The van der Waals surface area contributed by atoms with Crippen molar-refractivity contribution in [3.63, 3.8) is 0 Å². The third-order valence-corrected chi connectivity index (χ3v) is 4.15. The van der Waals surface area contributed by atoms with Gasteiger partial charge in [-0.15, -0.1) is 0 Å². The van der Waals surface area contributed by atoms with Crippen LogP contribution in [-0.4, -0.2) is 46.2 Å². The first-order valence-electron chi connectivity index (χ1n) is 8.69. The molecule has 0 bridgehead atoms. The standard InChI is InChI=1S/C19H21FN6O2/c1-21-18-16(20)11-23-17(25-18)13-3-5-14(6-4-13)19(27)24-10-15-9-22-12-26(15)7-8-28-2/h3-6,9,11-12H,7-8,10H2,1-2H3,(H,24,27)(H,21,23,25). The summed E-state index contributed by atoms with van der Waals surface area (Å²) in [6.07, 6.45) is 4.53. The number of benzene rings is 1. The van der Waals surface area contributed by atoms with E-state index >= 15 is 0 Å². The molecule has 2 N–H and O–H groups in total. The molecule has 28 heavy (non-hydrogen) atoms. The van der Waals surface area contributed by atoms with Crippen LogP contribution in [0.5, 0.6) is 0 Å². The van der Waals surface area contributed by atoms with Gasteiger partial charge in [0.05, 0.1) is 31.4 Å². The van der Waals surface area contributed by atoms with E-state index in [-0.39, 0.29) is 11.7 Å². The number of rotatable bonds is 8. The fraction of sp³-hybridized carbons (Fsp3) is 0.263. The Morgan fingerprint density at radius 2 is 2.04 bits per heavy atom. The molecule has 1 amide bonds. The van der Waals surface area contributed by atoms with Crippen LogP contribution < -0.4 is 10.6 Å². The lowest BCUT2D eigenvalue weighted by Crippen LogP contribution is -2.24. The van der Waals surface area contributed by atoms with Crippen molar-refractivity contribution in [2.45, 2.75) is 13.1 Å². The van der Waals surface area contributed by atoms with Crippen LogP contribution in [0.15, 0.2) is 43.0 Å². The third kappa shape index (κ3) is 4.49. The Morgan fingerprint density at radius 1 is 1.25 bits per heavy atom. The number of nitrogens with one attached hydrogen (secondary N) is 2. The van der Waals surface area contributed by atoms with E-state index in [9.17, 15) is 9.18 Å². The average molecular weight is 384 g/mol. The second-order valence-electron chi connectivity index (χ2n) is 5.97. The van der Waals surface area contributed by atoms with Crippen LogP contribution in [0.4, 0.5) is 10.2 Å². The number of hydrogen-bond acceptors (Lipinski definition) is 6. The summed E-state index contributed by atoms with van der Waals surface area (Å²) in [4.78, 5) is 24.6. The largest absolute Gasteiger partial charge is 0.383 e. The number of halogens is 1. The molecule has 3 rings (SSSR count). The highest BCUT2D eigenvalue weighted by molar-refractivity contribution is 5.94. The molecule has 1 aromatic carbocycles. The van der Waals surface area contributed by atoms with Gasteiger partial charge in [-0.2, -0.15) is 0 Å². The highest BCUT2D eigenvalue weighted by atomic mass is 19.1. The average Bonchev–Trinajstić information content (AvgIpc) is 3.18. The van der Waals surface area contributed by atoms with Crippen LogP contribution in [-0.2, 0) is 17.8 Å². The molecule has 0 unspecified atom stereocenters. The zero-order valence-corrected chi connectivity index (χ0v) is 15.6. The fourth-order valence-corrected chi connectivity index (χ4v) is 2.61. The maximum atomic E-state index is 13.5. The number of aromatic nitrogens is 4. The summed E-state index contributed by atoms with van der Waals surface area (Å²) in [5.41, 5.74) is 2.08. The minimum atomic E-state index is -0.521. The quantitative estimate of drug-likeness (QED) is 0.618. The van der Waals surface area contributed by atoms with Gasteiger partial charge < -0.3 is 19.9 Å². The van der Waals surface area contributed by atoms with E-state index in [2.05, 4.69) is 25.6 Å². The molecule has 8 nitrogen and oxygen atoms in total. The molecule has 3 aromatic rings. The van der Waals surface area contributed by atoms with Gasteiger partial charge in [0.2, 0.25) is 0 Å². The lowest BCUT2D eigenvalue weighted by Gasteiger charge is -2.09. The maximum Gasteiger partial charge on any atom is 0.251 e. The van der Waals surface area contributed by atoms with Crippen molar-refractivity contribution in [2.24, 2.45) is 0 Å². The number of anilines is 1. The van der Waals surface area contributed by atoms with Crippen LogP contribution >= 0.6 is 0 Å². The minimum Gasteiger partial charge on any atom is -0.383 e. The lowest BCUT2D eigenvalue weighted by molar-refractivity contribution is 0.0950. The Balaban J connectivity index is 1.65. The highest BCUT2D eigenvalue weighted by Gasteiger charge is 2.10. The predicted octanol–water partition coefficient (Wildman–Crippen LogP) is 2.10. The molecule has 146 valence electrons. The van der Waals surface area contributed by atoms with Crippen molar-refractivity contribution in [1.29, 1.82) is 0 Å². The minimum absolute atomic E-state index is 0.122. The summed E-state index contributed by atoms with van der Waals surface area (Å²) >= 11 is 0. The van der Waals surface area contributed by atoms with Crippen LogP contribution in [0.1, 0.15) is 16.1 Å². The molecule has 0 aliphatic carbocycles. The fourth-order valence-electron chi connectivity index (χ4n) is 2.61. The number of ether oxygens (including phenoxy) is 1. The Kier molecular flexibility index (Phi) is 6.28. The van der Waals surface area contributed by atoms with Crippen molar-refractivity contribution < 1.29 is 13.9 Å². The number of hydrogen-bond donors (Lipinski definition) is 2. The van der Waals surface area contributed by atoms with Crippen LogP contribution in [0.25, 0.3) is 11.4 Å². The van der Waals surface area contributed by atoms with Crippen LogP contribution in [0.2, 0.25) is 0 Å². The summed E-state index contributed by atoms with van der Waals surface area (Å²) in [6.45, 7) is 1.60. The second kappa shape index (κ2) is 9.05. The molecule has 2 heterocycles. The SMILES string of the molecule is CNc1nc(-c2ccc(C(=O)NCc3cncn3CCOC)cc2)ncc1F. The summed E-state index contributed by atoms with van der Waals surface area (Å²) in [7, 11) is 3.22. The topological polar surface area (TPSA) is 94.0 Å². The Labute approximate surface area is 161 Å². The number of carbonyl (C=O) groups is 1. The van der Waals surface area contributed by atoms with Crippen LogP contribution in [0.3, 0.4) is 0 Å². The van der Waals surface area contributed by atoms with Gasteiger partial charge in [0.15, 0.2) is 17.5 Å². The molecule has 2 aromatic heterocycles. The van der Waals surface area contributed by atoms with Gasteiger partial charge >= 0.3 is 0 Å². The molecular formula is C19H21FN6O2. The Morgan fingerprint density at radius 3 is 2.75 bits per heavy atom. The van der Waals surface area contributed by atoms with Gasteiger partial charge in [-0.3, -0.25) is 4.79 Å². The zero-order chi connectivity index (χ0) is 19.9. The molecule has 0 aliphatic rings. The third-order valence-electron chi connectivity index (χ3n) is 4.15. The van der Waals surface area contributed by atoms with E-state index in [0.717, 1.165) is 11.9 Å².